The summed E-state index contributed by atoms with van der Waals surface area (Å²) in [6, 6.07) is 5.41. The van der Waals surface area contributed by atoms with Crippen LogP contribution in [0.2, 0.25) is 5.02 Å². The van der Waals surface area contributed by atoms with Crippen LogP contribution in [0.5, 0.6) is 0 Å². The van der Waals surface area contributed by atoms with E-state index >= 15 is 0 Å². The van der Waals surface area contributed by atoms with Gasteiger partial charge in [-0.15, -0.1) is 11.3 Å². The first-order valence-corrected chi connectivity index (χ1v) is 7.50. The Morgan fingerprint density at radius 1 is 1.30 bits per heavy atom. The van der Waals surface area contributed by atoms with Gasteiger partial charge in [-0.1, -0.05) is 31.5 Å². The molecule has 20 heavy (non-hydrogen) atoms. The molecule has 0 amide bonds. The molecule has 0 fully saturated rings. The molecule has 0 saturated carbocycles. The number of hydrogen-bond donors (Lipinski definition) is 3. The number of nitrogens with one attached hydrogen (secondary N) is 1. The van der Waals surface area contributed by atoms with E-state index in [1.54, 1.807) is 11.3 Å². The van der Waals surface area contributed by atoms with Crippen molar-refractivity contribution < 1.29 is 4.39 Å². The highest BCUT2D eigenvalue weighted by atomic mass is 35.5. The number of rotatable bonds is 4. The molecule has 6 heteroatoms. The minimum absolute atomic E-state index is 0.0357. The van der Waals surface area contributed by atoms with Crippen molar-refractivity contribution in [1.82, 2.24) is 0 Å². The lowest BCUT2D eigenvalue weighted by Gasteiger charge is -2.24. The Morgan fingerprint density at radius 3 is 2.55 bits per heavy atom. The van der Waals surface area contributed by atoms with Gasteiger partial charge in [0.05, 0.1) is 23.1 Å². The highest BCUT2D eigenvalue weighted by molar-refractivity contribution is 7.10. The summed E-state index contributed by atoms with van der Waals surface area (Å²) in [6.07, 6.45) is 0. The third kappa shape index (κ3) is 2.83. The van der Waals surface area contributed by atoms with E-state index in [2.05, 4.69) is 19.2 Å². The van der Waals surface area contributed by atoms with Gasteiger partial charge in [0.2, 0.25) is 0 Å². The van der Waals surface area contributed by atoms with Gasteiger partial charge in [-0.3, -0.25) is 0 Å². The molecular formula is C14H17ClFN3S. The molecule has 0 saturated heterocycles. The molecule has 1 unspecified atom stereocenters. The van der Waals surface area contributed by atoms with E-state index in [4.69, 9.17) is 23.1 Å². The minimum Gasteiger partial charge on any atom is -0.397 e. The van der Waals surface area contributed by atoms with Crippen molar-refractivity contribution in [3.8, 4) is 0 Å². The minimum atomic E-state index is -0.605. The average Bonchev–Trinajstić information content (AvgIpc) is 2.89. The van der Waals surface area contributed by atoms with E-state index < -0.39 is 5.82 Å². The third-order valence-electron chi connectivity index (χ3n) is 3.08. The van der Waals surface area contributed by atoms with Gasteiger partial charge >= 0.3 is 0 Å². The molecular weight excluding hydrogens is 297 g/mol. The largest absolute Gasteiger partial charge is 0.397 e. The molecule has 5 N–H and O–H groups in total. The van der Waals surface area contributed by atoms with Gasteiger partial charge in [-0.05, 0) is 23.4 Å². The summed E-state index contributed by atoms with van der Waals surface area (Å²) in [5.74, 6) is -0.338. The first kappa shape index (κ1) is 14.9. The van der Waals surface area contributed by atoms with Gasteiger partial charge in [-0.25, -0.2) is 4.39 Å². The van der Waals surface area contributed by atoms with Crippen LogP contribution in [0.4, 0.5) is 21.5 Å². The molecule has 108 valence electrons. The van der Waals surface area contributed by atoms with Gasteiger partial charge in [0, 0.05) is 4.88 Å². The summed E-state index contributed by atoms with van der Waals surface area (Å²) in [7, 11) is 0. The Labute approximate surface area is 126 Å². The van der Waals surface area contributed by atoms with Crippen LogP contribution < -0.4 is 16.8 Å². The van der Waals surface area contributed by atoms with E-state index in [1.165, 1.54) is 6.07 Å². The van der Waals surface area contributed by atoms with Crippen LogP contribution in [0.3, 0.4) is 0 Å². The van der Waals surface area contributed by atoms with Crippen molar-refractivity contribution in [1.29, 1.82) is 0 Å². The first-order valence-electron chi connectivity index (χ1n) is 6.24. The molecule has 0 aliphatic heterocycles. The maximum Gasteiger partial charge on any atom is 0.169 e. The zero-order valence-electron chi connectivity index (χ0n) is 11.3. The lowest BCUT2D eigenvalue weighted by Crippen LogP contribution is -2.17. The molecule has 0 bridgehead atoms. The number of thiophene rings is 1. The topological polar surface area (TPSA) is 64.1 Å². The quantitative estimate of drug-likeness (QED) is 0.727. The predicted molar refractivity (Wildman–Crippen MR) is 85.8 cm³/mol. The summed E-state index contributed by atoms with van der Waals surface area (Å²) in [5, 5.41) is 5.04. The van der Waals surface area contributed by atoms with Crippen LogP contribution in [-0.2, 0) is 0 Å². The Hall–Kier alpha value is -1.46. The van der Waals surface area contributed by atoms with E-state index in [0.717, 1.165) is 4.88 Å². The van der Waals surface area contributed by atoms with Crippen molar-refractivity contribution in [2.45, 2.75) is 19.9 Å². The second-order valence-corrected chi connectivity index (χ2v) is 6.30. The number of nitrogen functional groups attached to an aromatic ring is 2. The standard InChI is InChI=1S/C14H17ClFN3S/c1-7(2)13(10-4-3-5-20-10)19-14-9(18)6-8(17)11(15)12(14)16/h3-7,13,19H,17-18H2,1-2H3. The number of benzene rings is 1. The fraction of sp³-hybridized carbons (Fsp3) is 0.286. The Balaban J connectivity index is 2.40. The van der Waals surface area contributed by atoms with Gasteiger partial charge in [0.1, 0.15) is 5.02 Å². The molecule has 0 spiro atoms. The van der Waals surface area contributed by atoms with Crippen molar-refractivity contribution >= 4 is 40.0 Å². The average molecular weight is 314 g/mol. The maximum absolute atomic E-state index is 14.2. The second kappa shape index (κ2) is 5.89. The van der Waals surface area contributed by atoms with E-state index in [9.17, 15) is 4.39 Å². The summed E-state index contributed by atoms with van der Waals surface area (Å²) in [6.45, 7) is 4.12. The Bertz CT molecular complexity index is 599. The number of halogens is 2. The summed E-state index contributed by atoms with van der Waals surface area (Å²) < 4.78 is 14.2. The summed E-state index contributed by atoms with van der Waals surface area (Å²) >= 11 is 7.46. The van der Waals surface area contributed by atoms with Crippen molar-refractivity contribution in [2.24, 2.45) is 5.92 Å². The van der Waals surface area contributed by atoms with E-state index in [-0.39, 0.29) is 34.0 Å². The lowest BCUT2D eigenvalue weighted by molar-refractivity contribution is 0.547. The van der Waals surface area contributed by atoms with Crippen LogP contribution in [0.1, 0.15) is 24.8 Å². The van der Waals surface area contributed by atoms with Crippen molar-refractivity contribution in [3.63, 3.8) is 0 Å². The van der Waals surface area contributed by atoms with Gasteiger partial charge in [0.25, 0.3) is 0 Å². The van der Waals surface area contributed by atoms with Gasteiger partial charge in [-0.2, -0.15) is 0 Å². The molecule has 2 aromatic rings. The van der Waals surface area contributed by atoms with Crippen LogP contribution in [-0.4, -0.2) is 0 Å². The maximum atomic E-state index is 14.2. The first-order chi connectivity index (χ1) is 9.41. The van der Waals surface area contributed by atoms with Crippen LogP contribution in [0.15, 0.2) is 23.6 Å². The molecule has 0 radical (unpaired) electrons. The van der Waals surface area contributed by atoms with Gasteiger partial charge in [0.15, 0.2) is 5.82 Å². The highest BCUT2D eigenvalue weighted by Crippen LogP contribution is 2.37. The van der Waals surface area contributed by atoms with E-state index in [0.29, 0.717) is 0 Å². The second-order valence-electron chi connectivity index (χ2n) is 4.94. The van der Waals surface area contributed by atoms with E-state index in [1.807, 2.05) is 17.5 Å². The summed E-state index contributed by atoms with van der Waals surface area (Å²) in [5.41, 5.74) is 12.1. The van der Waals surface area contributed by atoms with Crippen molar-refractivity contribution in [3.05, 3.63) is 39.3 Å². The molecule has 1 aromatic carbocycles. The zero-order valence-corrected chi connectivity index (χ0v) is 12.9. The molecule has 1 aromatic heterocycles. The summed E-state index contributed by atoms with van der Waals surface area (Å²) in [4.78, 5) is 1.12. The molecule has 0 aliphatic rings. The Morgan fingerprint density at radius 2 is 2.00 bits per heavy atom. The van der Waals surface area contributed by atoms with Crippen LogP contribution >= 0.6 is 22.9 Å². The molecule has 0 aliphatic carbocycles. The normalized spacial score (nSPS) is 12.7. The Kier molecular flexibility index (Phi) is 4.40. The highest BCUT2D eigenvalue weighted by Gasteiger charge is 2.21. The smallest absolute Gasteiger partial charge is 0.169 e. The molecule has 1 heterocycles. The van der Waals surface area contributed by atoms with Crippen LogP contribution in [0, 0.1) is 11.7 Å². The third-order valence-corrected chi connectivity index (χ3v) is 4.42. The number of nitrogens with two attached hydrogens (primary N) is 2. The van der Waals surface area contributed by atoms with Crippen LogP contribution in [0.25, 0.3) is 0 Å². The lowest BCUT2D eigenvalue weighted by atomic mass is 10.0. The zero-order chi connectivity index (χ0) is 14.9. The fourth-order valence-electron chi connectivity index (χ4n) is 2.00. The predicted octanol–water partition coefficient (Wildman–Crippen LogP) is 4.51. The molecule has 2 rings (SSSR count). The molecule has 1 atom stereocenters. The number of hydrogen-bond acceptors (Lipinski definition) is 4. The molecule has 3 nitrogen and oxygen atoms in total. The monoisotopic (exact) mass is 313 g/mol. The number of anilines is 3. The van der Waals surface area contributed by atoms with Crippen molar-refractivity contribution in [2.75, 3.05) is 16.8 Å². The fourth-order valence-corrected chi connectivity index (χ4v) is 3.10. The van der Waals surface area contributed by atoms with Gasteiger partial charge < -0.3 is 16.8 Å². The SMILES string of the molecule is CC(C)C(Nc1c(N)cc(N)c(Cl)c1F)c1cccs1.